The predicted molar refractivity (Wildman–Crippen MR) is 126 cm³/mol. The van der Waals surface area contributed by atoms with Crippen LogP contribution in [-0.4, -0.2) is 25.4 Å². The van der Waals surface area contributed by atoms with Gasteiger partial charge in [0.25, 0.3) is 0 Å². The van der Waals surface area contributed by atoms with Gasteiger partial charge >= 0.3 is 0 Å². The Kier molecular flexibility index (Phi) is 3.20. The van der Waals surface area contributed by atoms with Crippen molar-refractivity contribution in [3.05, 3.63) is 40.7 Å². The Morgan fingerprint density at radius 1 is 0.719 bits per heavy atom. The van der Waals surface area contributed by atoms with E-state index in [2.05, 4.69) is 69.9 Å². The number of aromatic amines is 2. The average molecular weight is 428 g/mol. The average Bonchev–Trinajstić information content (AvgIpc) is 3.52. The first-order chi connectivity index (χ1) is 15.1. The Balaban J connectivity index is 1.35. The van der Waals surface area contributed by atoms with Gasteiger partial charge in [0.15, 0.2) is 0 Å². The predicted octanol–water partition coefficient (Wildman–Crippen LogP) is 6.21. The molecule has 2 saturated carbocycles. The van der Waals surface area contributed by atoms with Gasteiger partial charge in [-0.05, 0) is 60.5 Å². The minimum Gasteiger partial charge on any atom is -0.281 e. The van der Waals surface area contributed by atoms with Crippen molar-refractivity contribution in [2.24, 2.45) is 10.8 Å². The zero-order chi connectivity index (χ0) is 22.3. The Hall–Kier alpha value is -2.43. The first kappa shape index (κ1) is 19.1. The number of nitrogens with zero attached hydrogens (tertiary/aromatic N) is 3. The fourth-order valence-electron chi connectivity index (χ4n) is 8.22. The van der Waals surface area contributed by atoms with E-state index in [9.17, 15) is 0 Å². The summed E-state index contributed by atoms with van der Waals surface area (Å²) < 4.78 is 0. The molecule has 3 aromatic heterocycles. The molecule has 7 rings (SSSR count). The summed E-state index contributed by atoms with van der Waals surface area (Å²) >= 11 is 0. The minimum absolute atomic E-state index is 0.180. The van der Waals surface area contributed by atoms with E-state index in [-0.39, 0.29) is 21.7 Å². The van der Waals surface area contributed by atoms with E-state index in [1.165, 1.54) is 48.2 Å². The number of fused-ring (bicyclic) bond motifs is 10. The van der Waals surface area contributed by atoms with E-state index in [1.54, 1.807) is 0 Å². The van der Waals surface area contributed by atoms with Crippen molar-refractivity contribution in [2.75, 3.05) is 0 Å². The molecule has 0 amide bonds. The first-order valence-electron chi connectivity index (χ1n) is 12.3. The van der Waals surface area contributed by atoms with Crippen molar-refractivity contribution >= 4 is 0 Å². The van der Waals surface area contributed by atoms with Crippen molar-refractivity contribution in [1.82, 2.24) is 25.4 Å². The molecule has 4 aliphatic rings. The van der Waals surface area contributed by atoms with Crippen molar-refractivity contribution < 1.29 is 0 Å². The summed E-state index contributed by atoms with van der Waals surface area (Å²) in [6.07, 6.45) is 4.96. The number of hydrogen-bond acceptors (Lipinski definition) is 3. The molecular weight excluding hydrogens is 394 g/mol. The van der Waals surface area contributed by atoms with Gasteiger partial charge in [-0.15, -0.1) is 0 Å². The van der Waals surface area contributed by atoms with Crippen LogP contribution in [0.4, 0.5) is 0 Å². The van der Waals surface area contributed by atoms with Gasteiger partial charge in [-0.2, -0.15) is 10.2 Å². The molecule has 5 nitrogen and oxygen atoms in total. The highest BCUT2D eigenvalue weighted by Gasteiger charge is 2.62. The molecule has 4 atom stereocenters. The maximum atomic E-state index is 5.16. The third-order valence-corrected chi connectivity index (χ3v) is 11.1. The summed E-state index contributed by atoms with van der Waals surface area (Å²) in [5.74, 6) is 1.10. The van der Waals surface area contributed by atoms with Crippen LogP contribution in [0.15, 0.2) is 18.2 Å². The smallest absolute Gasteiger partial charge is 0.114 e. The zero-order valence-corrected chi connectivity index (χ0v) is 20.1. The number of aromatic nitrogens is 5. The first-order valence-corrected chi connectivity index (χ1v) is 12.3. The maximum absolute atomic E-state index is 5.16. The van der Waals surface area contributed by atoms with Crippen LogP contribution in [0.3, 0.4) is 0 Å². The topological polar surface area (TPSA) is 70.2 Å². The SMILES string of the molecule is CC12CCC(c3c(-c4cccc(-c5n[nH]c6c5C5CCC6(C)C5(C)C)n4)n[nH]c31)C2(C)C. The molecule has 3 heterocycles. The lowest BCUT2D eigenvalue weighted by molar-refractivity contribution is 0.225. The Bertz CT molecular complexity index is 1200. The molecule has 166 valence electrons. The van der Waals surface area contributed by atoms with Crippen LogP contribution in [0.2, 0.25) is 0 Å². The Morgan fingerprint density at radius 3 is 1.59 bits per heavy atom. The molecule has 0 radical (unpaired) electrons. The molecule has 32 heavy (non-hydrogen) atoms. The number of rotatable bonds is 2. The lowest BCUT2D eigenvalue weighted by atomic mass is 9.70. The lowest BCUT2D eigenvalue weighted by Gasteiger charge is -2.34. The molecule has 0 aromatic carbocycles. The molecule has 0 aliphatic heterocycles. The van der Waals surface area contributed by atoms with Crippen molar-refractivity contribution in [3.8, 4) is 22.8 Å². The van der Waals surface area contributed by atoms with Gasteiger partial charge in [0.1, 0.15) is 11.4 Å². The molecule has 0 spiro atoms. The van der Waals surface area contributed by atoms with Crippen LogP contribution in [0.1, 0.15) is 102 Å². The van der Waals surface area contributed by atoms with Gasteiger partial charge in [-0.3, -0.25) is 10.2 Å². The normalized spacial score (nSPS) is 34.8. The number of H-pyrrole nitrogens is 2. The monoisotopic (exact) mass is 427 g/mol. The van der Waals surface area contributed by atoms with E-state index < -0.39 is 0 Å². The van der Waals surface area contributed by atoms with Crippen LogP contribution >= 0.6 is 0 Å². The van der Waals surface area contributed by atoms with E-state index in [4.69, 9.17) is 15.2 Å². The van der Waals surface area contributed by atoms with Crippen LogP contribution in [0.5, 0.6) is 0 Å². The fourth-order valence-corrected chi connectivity index (χ4v) is 8.22. The van der Waals surface area contributed by atoms with Gasteiger partial charge in [0.2, 0.25) is 0 Å². The van der Waals surface area contributed by atoms with Gasteiger partial charge in [0, 0.05) is 33.3 Å². The highest BCUT2D eigenvalue weighted by atomic mass is 15.2. The van der Waals surface area contributed by atoms with E-state index in [0.717, 1.165) is 22.8 Å². The summed E-state index contributed by atoms with van der Waals surface area (Å²) in [5.41, 5.74) is 10.4. The standard InChI is InChI=1S/C27H33N5/c1-24(2)14-10-12-26(24,5)22-18(14)20(29-31-22)16-8-7-9-17(28-16)21-19-15-11-13-27(6,25(15,3)4)23(19)32-30-21/h7-9,14-15H,10-13H2,1-6H3,(H,29,31)(H,30,32). The lowest BCUT2D eigenvalue weighted by Crippen LogP contribution is -2.32. The van der Waals surface area contributed by atoms with Crippen molar-refractivity contribution in [3.63, 3.8) is 0 Å². The van der Waals surface area contributed by atoms with Gasteiger partial charge in [-0.25, -0.2) is 4.98 Å². The maximum Gasteiger partial charge on any atom is 0.114 e. The minimum atomic E-state index is 0.180. The van der Waals surface area contributed by atoms with E-state index in [1.807, 2.05) is 0 Å². The second-order valence-electron chi connectivity index (χ2n) is 12.4. The molecule has 4 bridgehead atoms. The number of hydrogen-bond donors (Lipinski definition) is 2. The zero-order valence-electron chi connectivity index (χ0n) is 20.1. The second-order valence-corrected chi connectivity index (χ2v) is 12.4. The Labute approximate surface area is 189 Å². The second kappa shape index (κ2) is 5.37. The van der Waals surface area contributed by atoms with Gasteiger partial charge in [-0.1, -0.05) is 47.6 Å². The summed E-state index contributed by atoms with van der Waals surface area (Å²) in [6, 6.07) is 6.36. The third-order valence-electron chi connectivity index (χ3n) is 11.1. The summed E-state index contributed by atoms with van der Waals surface area (Å²) in [4.78, 5) is 5.16. The van der Waals surface area contributed by atoms with Crippen molar-refractivity contribution in [2.45, 2.75) is 89.9 Å². The third kappa shape index (κ3) is 1.81. The van der Waals surface area contributed by atoms with Gasteiger partial charge in [0.05, 0.1) is 11.4 Å². The van der Waals surface area contributed by atoms with Gasteiger partial charge < -0.3 is 0 Å². The molecule has 0 saturated heterocycles. The highest BCUT2D eigenvalue weighted by molar-refractivity contribution is 5.71. The molecule has 5 heteroatoms. The molecule has 3 aromatic rings. The molecule has 4 unspecified atom stereocenters. The molecule has 2 fully saturated rings. The number of nitrogens with one attached hydrogen (secondary N) is 2. The Morgan fingerprint density at radius 2 is 1.16 bits per heavy atom. The molecule has 2 N–H and O–H groups in total. The number of pyridine rings is 1. The van der Waals surface area contributed by atoms with Crippen LogP contribution < -0.4 is 0 Å². The van der Waals surface area contributed by atoms with E-state index >= 15 is 0 Å². The van der Waals surface area contributed by atoms with Crippen LogP contribution in [0.25, 0.3) is 22.8 Å². The molecule has 4 aliphatic carbocycles. The quantitative estimate of drug-likeness (QED) is 0.511. The summed E-state index contributed by atoms with van der Waals surface area (Å²) in [6.45, 7) is 14.5. The van der Waals surface area contributed by atoms with E-state index in [0.29, 0.717) is 11.8 Å². The van der Waals surface area contributed by atoms with Crippen molar-refractivity contribution in [1.29, 1.82) is 0 Å². The van der Waals surface area contributed by atoms with Crippen LogP contribution in [-0.2, 0) is 10.8 Å². The summed E-state index contributed by atoms with van der Waals surface area (Å²) in [5, 5.41) is 16.5. The largest absolute Gasteiger partial charge is 0.281 e. The highest BCUT2D eigenvalue weighted by Crippen LogP contribution is 2.69. The fraction of sp³-hybridized carbons (Fsp3) is 0.593. The van der Waals surface area contributed by atoms with Crippen LogP contribution in [0, 0.1) is 10.8 Å². The summed E-state index contributed by atoms with van der Waals surface area (Å²) in [7, 11) is 0. The molecular formula is C27H33N5.